The Morgan fingerprint density at radius 1 is 1.42 bits per heavy atom. The molecule has 0 bridgehead atoms. The molecule has 72 valence electrons. The molecule has 1 aliphatic heterocycles. The lowest BCUT2D eigenvalue weighted by Gasteiger charge is -2.30. The van der Waals surface area contributed by atoms with Gasteiger partial charge in [-0.05, 0) is 33.0 Å². The molecule has 2 unspecified atom stereocenters. The van der Waals surface area contributed by atoms with E-state index in [9.17, 15) is 0 Å². The van der Waals surface area contributed by atoms with Crippen LogP contribution in [0.1, 0.15) is 13.3 Å². The summed E-state index contributed by atoms with van der Waals surface area (Å²) in [6.07, 6.45) is 1.27. The summed E-state index contributed by atoms with van der Waals surface area (Å²) in [5.74, 6) is 0. The van der Waals surface area contributed by atoms with Crippen molar-refractivity contribution in [1.29, 1.82) is 0 Å². The first kappa shape index (κ1) is 10.6. The first-order chi connectivity index (χ1) is 5.47. The van der Waals surface area contributed by atoms with Gasteiger partial charge in [0.15, 0.2) is 8.32 Å². The predicted octanol–water partition coefficient (Wildman–Crippen LogP) is 2.89. The van der Waals surface area contributed by atoms with Gasteiger partial charge in [0.2, 0.25) is 0 Å². The van der Waals surface area contributed by atoms with Gasteiger partial charge >= 0.3 is 8.60 Å². The van der Waals surface area contributed by atoms with Crippen molar-refractivity contribution >= 4 is 16.9 Å². The second-order valence-electron chi connectivity index (χ2n) is 3.97. The molecule has 0 aromatic carbocycles. The minimum Gasteiger partial charge on any atom is -0.355 e. The zero-order chi connectivity index (χ0) is 9.19. The van der Waals surface area contributed by atoms with Gasteiger partial charge in [-0.1, -0.05) is 0 Å². The van der Waals surface area contributed by atoms with E-state index in [-0.39, 0.29) is 0 Å². The van der Waals surface area contributed by atoms with Gasteiger partial charge in [-0.2, -0.15) is 0 Å². The maximum atomic E-state index is 5.71. The molecule has 1 rings (SSSR count). The normalized spacial score (nSPS) is 32.0. The van der Waals surface area contributed by atoms with Gasteiger partial charge < -0.3 is 13.3 Å². The summed E-state index contributed by atoms with van der Waals surface area (Å²) in [7, 11) is -2.53. The fourth-order valence-corrected chi connectivity index (χ4v) is 3.68. The summed E-state index contributed by atoms with van der Waals surface area (Å²) in [6.45, 7) is 9.26. The summed E-state index contributed by atoms with van der Waals surface area (Å²) in [4.78, 5) is 0. The van der Waals surface area contributed by atoms with Crippen LogP contribution in [0.5, 0.6) is 0 Å². The fraction of sp³-hybridized carbons (Fsp3) is 1.00. The van der Waals surface area contributed by atoms with Crippen LogP contribution in [0.3, 0.4) is 0 Å². The molecule has 0 amide bonds. The van der Waals surface area contributed by atoms with Gasteiger partial charge in [0, 0.05) is 0 Å². The molecule has 1 fully saturated rings. The third kappa shape index (κ3) is 3.96. The van der Waals surface area contributed by atoms with Crippen molar-refractivity contribution in [3.8, 4) is 0 Å². The minimum absolute atomic E-state index is 0.293. The fourth-order valence-electron chi connectivity index (χ4n) is 0.795. The molecule has 2 atom stereocenters. The molecule has 0 radical (unpaired) electrons. The van der Waals surface area contributed by atoms with Crippen LogP contribution in [0.4, 0.5) is 0 Å². The molecule has 0 saturated carbocycles. The minimum atomic E-state index is -1.50. The molecular weight excluding hydrogens is 191 g/mol. The highest BCUT2D eigenvalue weighted by Gasteiger charge is 2.28. The van der Waals surface area contributed by atoms with Crippen molar-refractivity contribution in [2.45, 2.75) is 39.1 Å². The Morgan fingerprint density at radius 3 is 2.58 bits per heavy atom. The van der Waals surface area contributed by atoms with E-state index >= 15 is 0 Å². The zero-order valence-corrected chi connectivity index (χ0v) is 10.1. The van der Waals surface area contributed by atoms with Gasteiger partial charge in [0.1, 0.15) is 0 Å². The maximum Gasteiger partial charge on any atom is 0.322 e. The largest absolute Gasteiger partial charge is 0.355 e. The van der Waals surface area contributed by atoms with Crippen molar-refractivity contribution in [2.24, 2.45) is 0 Å². The van der Waals surface area contributed by atoms with E-state index in [0.29, 0.717) is 6.10 Å². The molecule has 0 aromatic heterocycles. The third-order valence-corrected chi connectivity index (χ3v) is 5.05. The van der Waals surface area contributed by atoms with E-state index in [1.54, 1.807) is 0 Å². The number of hydrogen-bond donors (Lipinski definition) is 0. The van der Waals surface area contributed by atoms with E-state index in [4.69, 9.17) is 13.3 Å². The number of hydrogen-bond acceptors (Lipinski definition) is 3. The van der Waals surface area contributed by atoms with Crippen LogP contribution in [0.2, 0.25) is 19.6 Å². The predicted molar refractivity (Wildman–Crippen MR) is 52.5 cm³/mol. The molecule has 3 nitrogen and oxygen atoms in total. The first-order valence-electron chi connectivity index (χ1n) is 4.26. The standard InChI is InChI=1S/C7H17O3PSi/c1-7-5-6-8-11(9-7)10-12(2,3)4/h7H,5-6H2,1-4H3. The van der Waals surface area contributed by atoms with Crippen molar-refractivity contribution < 1.29 is 13.3 Å². The second-order valence-corrected chi connectivity index (χ2v) is 9.84. The Labute approximate surface area is 76.5 Å². The lowest BCUT2D eigenvalue weighted by atomic mass is 10.3. The highest BCUT2D eigenvalue weighted by Crippen LogP contribution is 2.46. The molecule has 0 aliphatic carbocycles. The quantitative estimate of drug-likeness (QED) is 0.516. The van der Waals surface area contributed by atoms with E-state index in [1.165, 1.54) is 0 Å². The van der Waals surface area contributed by atoms with Gasteiger partial charge in [-0.3, -0.25) is 0 Å². The van der Waals surface area contributed by atoms with Crippen LogP contribution < -0.4 is 0 Å². The van der Waals surface area contributed by atoms with Gasteiger partial charge in [0.05, 0.1) is 12.7 Å². The smallest absolute Gasteiger partial charge is 0.322 e. The van der Waals surface area contributed by atoms with Gasteiger partial charge in [-0.25, -0.2) is 0 Å². The Bertz CT molecular complexity index is 148. The van der Waals surface area contributed by atoms with Crippen LogP contribution >= 0.6 is 8.60 Å². The molecule has 0 N–H and O–H groups in total. The van der Waals surface area contributed by atoms with Crippen LogP contribution in [-0.4, -0.2) is 21.0 Å². The molecule has 0 spiro atoms. The molecule has 12 heavy (non-hydrogen) atoms. The van der Waals surface area contributed by atoms with Gasteiger partial charge in [0.25, 0.3) is 0 Å². The lowest BCUT2D eigenvalue weighted by molar-refractivity contribution is 0.0927. The van der Waals surface area contributed by atoms with Crippen LogP contribution in [0.15, 0.2) is 0 Å². The van der Waals surface area contributed by atoms with Crippen molar-refractivity contribution in [3.63, 3.8) is 0 Å². The van der Waals surface area contributed by atoms with Crippen LogP contribution in [0.25, 0.3) is 0 Å². The SMILES string of the molecule is CC1CCOP(O[Si](C)(C)C)O1. The summed E-state index contributed by atoms with van der Waals surface area (Å²) in [6, 6.07) is 0. The molecule has 1 aliphatic rings. The van der Waals surface area contributed by atoms with Crippen molar-refractivity contribution in [1.82, 2.24) is 0 Å². The Kier molecular flexibility index (Phi) is 3.68. The molecule has 1 saturated heterocycles. The van der Waals surface area contributed by atoms with E-state index in [2.05, 4.69) is 26.6 Å². The molecule has 1 heterocycles. The lowest BCUT2D eigenvalue weighted by Crippen LogP contribution is -2.26. The summed E-state index contributed by atoms with van der Waals surface area (Å²) in [5.41, 5.74) is 0. The topological polar surface area (TPSA) is 27.7 Å². The maximum absolute atomic E-state index is 5.71. The third-order valence-electron chi connectivity index (χ3n) is 1.34. The molecular formula is C7H17O3PSi. The van der Waals surface area contributed by atoms with Crippen molar-refractivity contribution in [2.75, 3.05) is 6.61 Å². The van der Waals surface area contributed by atoms with Crippen LogP contribution in [-0.2, 0) is 13.3 Å². The van der Waals surface area contributed by atoms with E-state index in [0.717, 1.165) is 13.0 Å². The monoisotopic (exact) mass is 208 g/mol. The Balaban J connectivity index is 2.32. The highest BCUT2D eigenvalue weighted by molar-refractivity contribution is 7.43. The van der Waals surface area contributed by atoms with Gasteiger partial charge in [-0.15, -0.1) is 0 Å². The average molecular weight is 208 g/mol. The molecule has 5 heteroatoms. The first-order valence-corrected chi connectivity index (χ1v) is 8.77. The van der Waals surface area contributed by atoms with E-state index in [1.807, 2.05) is 0 Å². The van der Waals surface area contributed by atoms with E-state index < -0.39 is 16.9 Å². The second kappa shape index (κ2) is 4.16. The summed E-state index contributed by atoms with van der Waals surface area (Å²) in [5, 5.41) is 0. The number of rotatable bonds is 2. The van der Waals surface area contributed by atoms with Crippen LogP contribution in [0, 0.1) is 0 Å². The van der Waals surface area contributed by atoms with Crippen molar-refractivity contribution in [3.05, 3.63) is 0 Å². The molecule has 0 aromatic rings. The highest BCUT2D eigenvalue weighted by atomic mass is 31.2. The Morgan fingerprint density at radius 2 is 2.08 bits per heavy atom. The Hall–Kier alpha value is 0.527. The summed E-state index contributed by atoms with van der Waals surface area (Å²) >= 11 is 0. The zero-order valence-electron chi connectivity index (χ0n) is 8.16. The summed E-state index contributed by atoms with van der Waals surface area (Å²) < 4.78 is 16.6. The average Bonchev–Trinajstić information content (AvgIpc) is 1.82.